The van der Waals surface area contributed by atoms with Crippen molar-refractivity contribution < 1.29 is 13.2 Å². The van der Waals surface area contributed by atoms with E-state index in [4.69, 9.17) is 11.6 Å². The van der Waals surface area contributed by atoms with Crippen LogP contribution in [0.5, 0.6) is 0 Å². The first-order valence-corrected chi connectivity index (χ1v) is 10.6. The molecule has 2 aliphatic heterocycles. The number of amides is 1. The molecule has 5 nitrogen and oxygen atoms in total. The maximum Gasteiger partial charge on any atom is 0.244 e. The first kappa shape index (κ1) is 18.7. The average Bonchev–Trinajstić information content (AvgIpc) is 2.97. The van der Waals surface area contributed by atoms with Crippen molar-refractivity contribution in [2.75, 3.05) is 13.1 Å². The summed E-state index contributed by atoms with van der Waals surface area (Å²) in [7, 11) is -3.77. The molecular weight excluding hydrogens is 360 g/mol. The van der Waals surface area contributed by atoms with Crippen LogP contribution in [0.1, 0.15) is 45.1 Å². The standard InChI is InChI=1S/C18H25ClN2O3S/c1-13(2)20-10-4-8-18(17(20)22)9-5-11-21(18)25(23,24)15-7-6-14(3)16(19)12-15/h6-7,12-13H,4-5,8-11H2,1-3H3. The number of nitrogens with zero attached hydrogens (tertiary/aromatic N) is 2. The summed E-state index contributed by atoms with van der Waals surface area (Å²) < 4.78 is 28.0. The van der Waals surface area contributed by atoms with Gasteiger partial charge in [0.2, 0.25) is 15.9 Å². The van der Waals surface area contributed by atoms with Crippen LogP contribution in [0.3, 0.4) is 0 Å². The third kappa shape index (κ3) is 2.98. The van der Waals surface area contributed by atoms with Gasteiger partial charge in [-0.1, -0.05) is 17.7 Å². The van der Waals surface area contributed by atoms with E-state index in [9.17, 15) is 13.2 Å². The molecule has 0 saturated carbocycles. The number of piperidine rings is 1. The average molecular weight is 385 g/mol. The second-order valence-electron chi connectivity index (χ2n) is 7.32. The maximum atomic E-state index is 13.3. The van der Waals surface area contributed by atoms with Crippen LogP contribution < -0.4 is 0 Å². The van der Waals surface area contributed by atoms with Gasteiger partial charge >= 0.3 is 0 Å². The molecule has 1 amide bonds. The minimum Gasteiger partial charge on any atom is -0.339 e. The van der Waals surface area contributed by atoms with Crippen LogP contribution in [0, 0.1) is 6.92 Å². The zero-order valence-corrected chi connectivity index (χ0v) is 16.5. The van der Waals surface area contributed by atoms with Crippen LogP contribution >= 0.6 is 11.6 Å². The van der Waals surface area contributed by atoms with Crippen molar-refractivity contribution in [3.05, 3.63) is 28.8 Å². The molecule has 0 N–H and O–H groups in total. The Bertz CT molecular complexity index is 794. The summed E-state index contributed by atoms with van der Waals surface area (Å²) in [6.07, 6.45) is 2.71. The molecule has 7 heteroatoms. The Balaban J connectivity index is 2.03. The molecule has 0 bridgehead atoms. The second-order valence-corrected chi connectivity index (χ2v) is 9.59. The predicted octanol–water partition coefficient (Wildman–Crippen LogP) is 3.20. The lowest BCUT2D eigenvalue weighted by atomic mass is 9.86. The van der Waals surface area contributed by atoms with Gasteiger partial charge in [0.1, 0.15) is 5.54 Å². The Morgan fingerprint density at radius 3 is 2.40 bits per heavy atom. The zero-order chi connectivity index (χ0) is 18.4. The van der Waals surface area contributed by atoms with Gasteiger partial charge in [-0.3, -0.25) is 4.79 Å². The number of hydrogen-bond acceptors (Lipinski definition) is 3. The number of sulfonamides is 1. The monoisotopic (exact) mass is 384 g/mol. The van der Waals surface area contributed by atoms with Crippen LogP contribution in [0.4, 0.5) is 0 Å². The fourth-order valence-corrected chi connectivity index (χ4v) is 6.14. The van der Waals surface area contributed by atoms with Crippen molar-refractivity contribution in [3.8, 4) is 0 Å². The molecule has 0 aliphatic carbocycles. The molecule has 2 aliphatic rings. The van der Waals surface area contributed by atoms with Gasteiger partial charge < -0.3 is 4.90 Å². The molecule has 1 spiro atoms. The molecule has 1 aromatic rings. The molecule has 0 radical (unpaired) electrons. The van der Waals surface area contributed by atoms with Gasteiger partial charge in [0, 0.05) is 24.2 Å². The number of carbonyl (C=O) groups excluding carboxylic acids is 1. The quantitative estimate of drug-likeness (QED) is 0.804. The molecule has 2 saturated heterocycles. The van der Waals surface area contributed by atoms with Crippen LogP contribution in [-0.4, -0.2) is 48.2 Å². The highest BCUT2D eigenvalue weighted by atomic mass is 35.5. The maximum absolute atomic E-state index is 13.3. The summed E-state index contributed by atoms with van der Waals surface area (Å²) in [6.45, 7) is 6.87. The van der Waals surface area contributed by atoms with E-state index in [2.05, 4.69) is 0 Å². The highest BCUT2D eigenvalue weighted by Crippen LogP contribution is 2.42. The molecule has 1 aromatic carbocycles. The lowest BCUT2D eigenvalue weighted by molar-refractivity contribution is -0.146. The van der Waals surface area contributed by atoms with E-state index in [-0.39, 0.29) is 16.8 Å². The second kappa shape index (κ2) is 6.56. The van der Waals surface area contributed by atoms with E-state index in [0.717, 1.165) is 12.0 Å². The SMILES string of the molecule is Cc1ccc(S(=O)(=O)N2CCCC23CCCN(C(C)C)C3=O)cc1Cl. The minimum absolute atomic E-state index is 0.0481. The zero-order valence-electron chi connectivity index (χ0n) is 15.0. The summed E-state index contributed by atoms with van der Waals surface area (Å²) >= 11 is 6.14. The van der Waals surface area contributed by atoms with Crippen LogP contribution in [-0.2, 0) is 14.8 Å². The largest absolute Gasteiger partial charge is 0.339 e. The highest BCUT2D eigenvalue weighted by Gasteiger charge is 2.55. The van der Waals surface area contributed by atoms with E-state index in [1.54, 1.807) is 12.1 Å². The third-order valence-corrected chi connectivity index (χ3v) is 7.80. The van der Waals surface area contributed by atoms with Crippen molar-refractivity contribution in [2.24, 2.45) is 0 Å². The first-order valence-electron chi connectivity index (χ1n) is 8.80. The molecule has 1 atom stereocenters. The molecule has 2 heterocycles. The van der Waals surface area contributed by atoms with E-state index < -0.39 is 15.6 Å². The number of aryl methyl sites for hydroxylation is 1. The Morgan fingerprint density at radius 1 is 1.16 bits per heavy atom. The number of hydrogen-bond donors (Lipinski definition) is 0. The summed E-state index contributed by atoms with van der Waals surface area (Å²) in [5, 5.41) is 0.424. The number of rotatable bonds is 3. The number of benzene rings is 1. The minimum atomic E-state index is -3.77. The van der Waals surface area contributed by atoms with Gasteiger partial charge in [-0.2, -0.15) is 4.31 Å². The molecule has 0 aromatic heterocycles. The Hall–Kier alpha value is -1.11. The van der Waals surface area contributed by atoms with Gasteiger partial charge in [0.15, 0.2) is 0 Å². The molecule has 2 fully saturated rings. The van der Waals surface area contributed by atoms with Gasteiger partial charge in [-0.15, -0.1) is 0 Å². The summed E-state index contributed by atoms with van der Waals surface area (Å²) in [5.74, 6) is -0.0481. The predicted molar refractivity (Wildman–Crippen MR) is 98.1 cm³/mol. The summed E-state index contributed by atoms with van der Waals surface area (Å²) in [6, 6.07) is 4.85. The topological polar surface area (TPSA) is 57.7 Å². The third-order valence-electron chi connectivity index (χ3n) is 5.43. The number of carbonyl (C=O) groups is 1. The number of halogens is 1. The Morgan fingerprint density at radius 2 is 1.80 bits per heavy atom. The van der Waals surface area contributed by atoms with Gasteiger partial charge in [-0.05, 0) is 64.2 Å². The van der Waals surface area contributed by atoms with Crippen LogP contribution in [0.25, 0.3) is 0 Å². The summed E-state index contributed by atoms with van der Waals surface area (Å²) in [4.78, 5) is 15.2. The molecule has 138 valence electrons. The van der Waals surface area contributed by atoms with Gasteiger partial charge in [-0.25, -0.2) is 8.42 Å². The van der Waals surface area contributed by atoms with Gasteiger partial charge in [0.25, 0.3) is 0 Å². The van der Waals surface area contributed by atoms with Crippen LogP contribution in [0.15, 0.2) is 23.1 Å². The van der Waals surface area contributed by atoms with E-state index in [1.807, 2.05) is 25.7 Å². The van der Waals surface area contributed by atoms with Crippen molar-refractivity contribution in [2.45, 2.75) is 62.9 Å². The highest BCUT2D eigenvalue weighted by molar-refractivity contribution is 7.89. The first-order chi connectivity index (χ1) is 11.7. The smallest absolute Gasteiger partial charge is 0.244 e. The van der Waals surface area contributed by atoms with Gasteiger partial charge in [0.05, 0.1) is 4.90 Å². The van der Waals surface area contributed by atoms with Crippen molar-refractivity contribution in [3.63, 3.8) is 0 Å². The van der Waals surface area contributed by atoms with E-state index in [0.29, 0.717) is 37.4 Å². The molecular formula is C18H25ClN2O3S. The number of likely N-dealkylation sites (tertiary alicyclic amines) is 1. The van der Waals surface area contributed by atoms with Crippen molar-refractivity contribution >= 4 is 27.5 Å². The molecule has 1 unspecified atom stereocenters. The molecule has 3 rings (SSSR count). The van der Waals surface area contributed by atoms with E-state index >= 15 is 0 Å². The molecule has 25 heavy (non-hydrogen) atoms. The van der Waals surface area contributed by atoms with Crippen molar-refractivity contribution in [1.82, 2.24) is 9.21 Å². The fourth-order valence-electron chi connectivity index (χ4n) is 4.04. The fraction of sp³-hybridized carbons (Fsp3) is 0.611. The normalized spacial score (nSPS) is 25.3. The lowest BCUT2D eigenvalue weighted by Gasteiger charge is -2.45. The summed E-state index contributed by atoms with van der Waals surface area (Å²) in [5.41, 5.74) is -0.102. The Labute approximate surface area is 155 Å². The van der Waals surface area contributed by atoms with E-state index in [1.165, 1.54) is 10.4 Å². The lowest BCUT2D eigenvalue weighted by Crippen LogP contribution is -2.62. The Kier molecular flexibility index (Phi) is 4.90. The van der Waals surface area contributed by atoms with Crippen LogP contribution in [0.2, 0.25) is 5.02 Å². The van der Waals surface area contributed by atoms with Crippen molar-refractivity contribution in [1.29, 1.82) is 0 Å².